The van der Waals surface area contributed by atoms with E-state index in [1.54, 1.807) is 7.11 Å². The summed E-state index contributed by atoms with van der Waals surface area (Å²) >= 11 is 0. The molecule has 2 nitrogen and oxygen atoms in total. The Hall–Kier alpha value is -1.50. The monoisotopic (exact) mass is 217 g/mol. The lowest BCUT2D eigenvalue weighted by atomic mass is 10.2. The van der Waals surface area contributed by atoms with Crippen LogP contribution in [0.2, 0.25) is 0 Å². The maximum atomic E-state index is 5.10. The summed E-state index contributed by atoms with van der Waals surface area (Å²) in [6.07, 6.45) is 4.13. The van der Waals surface area contributed by atoms with Crippen LogP contribution in [0, 0.1) is 0 Å². The largest absolute Gasteiger partial charge is 0.497 e. The molecular formula is C14H19NO. The van der Waals surface area contributed by atoms with Gasteiger partial charge in [0, 0.05) is 6.54 Å². The molecule has 0 atom stereocenters. The average molecular weight is 217 g/mol. The Kier molecular flexibility index (Phi) is 6.09. The maximum absolute atomic E-state index is 5.10. The van der Waals surface area contributed by atoms with Gasteiger partial charge in [-0.2, -0.15) is 0 Å². The van der Waals surface area contributed by atoms with Gasteiger partial charge in [-0.05, 0) is 43.2 Å². The molecule has 0 aliphatic rings. The van der Waals surface area contributed by atoms with Crippen molar-refractivity contribution in [3.05, 3.63) is 48.2 Å². The number of benzene rings is 1. The van der Waals surface area contributed by atoms with Crippen LogP contribution in [-0.4, -0.2) is 13.7 Å². The fourth-order valence-corrected chi connectivity index (χ4v) is 1.41. The smallest absolute Gasteiger partial charge is 0.118 e. The number of hydrogen-bond donors (Lipinski definition) is 1. The van der Waals surface area contributed by atoms with E-state index in [-0.39, 0.29) is 0 Å². The van der Waals surface area contributed by atoms with E-state index in [4.69, 9.17) is 4.74 Å². The van der Waals surface area contributed by atoms with Gasteiger partial charge in [-0.3, -0.25) is 0 Å². The second-order valence-electron chi connectivity index (χ2n) is 3.58. The number of rotatable bonds is 7. The van der Waals surface area contributed by atoms with Gasteiger partial charge in [-0.1, -0.05) is 18.7 Å². The van der Waals surface area contributed by atoms with Gasteiger partial charge in [0.2, 0.25) is 0 Å². The number of nitrogens with one attached hydrogen (secondary N) is 1. The van der Waals surface area contributed by atoms with Gasteiger partial charge >= 0.3 is 0 Å². The van der Waals surface area contributed by atoms with Crippen molar-refractivity contribution in [2.75, 3.05) is 13.7 Å². The molecule has 1 aromatic rings. The van der Waals surface area contributed by atoms with Gasteiger partial charge in [-0.25, -0.2) is 0 Å². The molecule has 0 radical (unpaired) electrons. The third kappa shape index (κ3) is 4.83. The fourth-order valence-electron chi connectivity index (χ4n) is 1.41. The van der Waals surface area contributed by atoms with E-state index in [2.05, 4.69) is 29.8 Å². The molecule has 0 aliphatic carbocycles. The van der Waals surface area contributed by atoms with Gasteiger partial charge in [-0.15, -0.1) is 5.73 Å². The number of ether oxygens (including phenoxy) is 1. The molecule has 0 spiro atoms. The molecule has 1 aromatic carbocycles. The van der Waals surface area contributed by atoms with E-state index in [0.29, 0.717) is 0 Å². The molecule has 0 amide bonds. The second kappa shape index (κ2) is 7.75. The first kappa shape index (κ1) is 12.6. The molecule has 0 unspecified atom stereocenters. The van der Waals surface area contributed by atoms with Crippen LogP contribution in [0.15, 0.2) is 42.7 Å². The van der Waals surface area contributed by atoms with Crippen LogP contribution in [0.4, 0.5) is 0 Å². The molecule has 0 saturated heterocycles. The summed E-state index contributed by atoms with van der Waals surface area (Å²) in [6, 6.07) is 8.12. The maximum Gasteiger partial charge on any atom is 0.118 e. The Morgan fingerprint density at radius 1 is 1.38 bits per heavy atom. The van der Waals surface area contributed by atoms with E-state index >= 15 is 0 Å². The molecule has 86 valence electrons. The Morgan fingerprint density at radius 3 is 2.75 bits per heavy atom. The predicted octanol–water partition coefficient (Wildman–Crippen LogP) is 2.91. The highest BCUT2D eigenvalue weighted by atomic mass is 16.5. The van der Waals surface area contributed by atoms with E-state index in [1.807, 2.05) is 18.2 Å². The van der Waals surface area contributed by atoms with Crippen molar-refractivity contribution in [3.8, 4) is 5.75 Å². The van der Waals surface area contributed by atoms with Crippen LogP contribution in [0.3, 0.4) is 0 Å². The quantitative estimate of drug-likeness (QED) is 0.560. The lowest BCUT2D eigenvalue weighted by Crippen LogP contribution is -2.14. The van der Waals surface area contributed by atoms with E-state index in [1.165, 1.54) is 5.56 Å². The van der Waals surface area contributed by atoms with E-state index in [9.17, 15) is 0 Å². The molecule has 0 heterocycles. The van der Waals surface area contributed by atoms with Crippen LogP contribution >= 0.6 is 0 Å². The van der Waals surface area contributed by atoms with Crippen LogP contribution in [0.25, 0.3) is 0 Å². The normalized spacial score (nSPS) is 9.56. The minimum Gasteiger partial charge on any atom is -0.497 e. The molecule has 0 saturated carbocycles. The van der Waals surface area contributed by atoms with E-state index < -0.39 is 0 Å². The lowest BCUT2D eigenvalue weighted by molar-refractivity contribution is 0.414. The van der Waals surface area contributed by atoms with Crippen LogP contribution in [-0.2, 0) is 6.54 Å². The van der Waals surface area contributed by atoms with Gasteiger partial charge < -0.3 is 10.1 Å². The van der Waals surface area contributed by atoms with Crippen molar-refractivity contribution < 1.29 is 4.74 Å². The van der Waals surface area contributed by atoms with Crippen molar-refractivity contribution in [2.24, 2.45) is 0 Å². The fraction of sp³-hybridized carbons (Fsp3) is 0.357. The van der Waals surface area contributed by atoms with Crippen LogP contribution < -0.4 is 10.1 Å². The van der Waals surface area contributed by atoms with Crippen molar-refractivity contribution in [3.63, 3.8) is 0 Å². The lowest BCUT2D eigenvalue weighted by Gasteiger charge is -2.05. The highest BCUT2D eigenvalue weighted by Crippen LogP contribution is 2.10. The molecular weight excluding hydrogens is 198 g/mol. The minimum atomic E-state index is 0.903. The number of allylic oxidation sites excluding steroid dienone is 1. The Balaban J connectivity index is 2.19. The molecule has 1 rings (SSSR count). The van der Waals surface area contributed by atoms with Crippen molar-refractivity contribution in [1.29, 1.82) is 0 Å². The first-order valence-corrected chi connectivity index (χ1v) is 5.54. The van der Waals surface area contributed by atoms with Crippen molar-refractivity contribution in [1.82, 2.24) is 5.32 Å². The third-order valence-corrected chi connectivity index (χ3v) is 2.33. The van der Waals surface area contributed by atoms with Gasteiger partial charge in [0.15, 0.2) is 0 Å². The zero-order chi connectivity index (χ0) is 11.6. The summed E-state index contributed by atoms with van der Waals surface area (Å²) in [5, 5.41) is 3.39. The summed E-state index contributed by atoms with van der Waals surface area (Å²) in [4.78, 5) is 0. The molecule has 1 N–H and O–H groups in total. The Bertz CT molecular complexity index is 336. The van der Waals surface area contributed by atoms with Gasteiger partial charge in [0.25, 0.3) is 0 Å². The summed E-state index contributed by atoms with van der Waals surface area (Å²) in [7, 11) is 1.68. The SMILES string of the molecule is C=C=CCCCNCc1ccc(OC)cc1. The zero-order valence-corrected chi connectivity index (χ0v) is 9.83. The third-order valence-electron chi connectivity index (χ3n) is 2.33. The summed E-state index contributed by atoms with van der Waals surface area (Å²) in [5.74, 6) is 0.903. The summed E-state index contributed by atoms with van der Waals surface area (Å²) in [5.41, 5.74) is 4.05. The number of methoxy groups -OCH3 is 1. The zero-order valence-electron chi connectivity index (χ0n) is 9.83. The average Bonchev–Trinajstić information content (AvgIpc) is 2.34. The topological polar surface area (TPSA) is 21.3 Å². The standard InChI is InChI=1S/C14H19NO/c1-3-4-5-6-11-15-12-13-7-9-14(16-2)10-8-13/h4,7-10,15H,1,5-6,11-12H2,2H3. The predicted molar refractivity (Wildman–Crippen MR) is 67.6 cm³/mol. The summed E-state index contributed by atoms with van der Waals surface area (Å²) in [6.45, 7) is 5.45. The molecule has 16 heavy (non-hydrogen) atoms. The van der Waals surface area contributed by atoms with E-state index in [0.717, 1.165) is 31.7 Å². The second-order valence-corrected chi connectivity index (χ2v) is 3.58. The highest BCUT2D eigenvalue weighted by molar-refractivity contribution is 5.26. The van der Waals surface area contributed by atoms with Crippen molar-refractivity contribution in [2.45, 2.75) is 19.4 Å². The molecule has 0 aromatic heterocycles. The summed E-state index contributed by atoms with van der Waals surface area (Å²) < 4.78 is 5.10. The van der Waals surface area contributed by atoms with Gasteiger partial charge in [0.1, 0.15) is 5.75 Å². The number of hydrogen-bond acceptors (Lipinski definition) is 2. The highest BCUT2D eigenvalue weighted by Gasteiger charge is 1.93. The van der Waals surface area contributed by atoms with Crippen LogP contribution in [0.5, 0.6) is 5.75 Å². The van der Waals surface area contributed by atoms with Crippen LogP contribution in [0.1, 0.15) is 18.4 Å². The number of unbranched alkanes of at least 4 members (excludes halogenated alkanes) is 1. The van der Waals surface area contributed by atoms with Crippen molar-refractivity contribution >= 4 is 0 Å². The molecule has 0 aliphatic heterocycles. The molecule has 0 bridgehead atoms. The Labute approximate surface area is 97.6 Å². The molecule has 0 fully saturated rings. The first-order chi connectivity index (χ1) is 7.86. The Morgan fingerprint density at radius 2 is 2.12 bits per heavy atom. The minimum absolute atomic E-state index is 0.903. The van der Waals surface area contributed by atoms with Gasteiger partial charge in [0.05, 0.1) is 7.11 Å². The first-order valence-electron chi connectivity index (χ1n) is 5.54. The molecule has 2 heteroatoms.